The van der Waals surface area contributed by atoms with E-state index in [0.29, 0.717) is 37.6 Å². The van der Waals surface area contributed by atoms with E-state index in [0.717, 1.165) is 34.0 Å². The molecule has 8 heteroatoms. The number of amides is 1. The lowest BCUT2D eigenvalue weighted by molar-refractivity contribution is -0.133. The maximum absolute atomic E-state index is 12.7. The van der Waals surface area contributed by atoms with E-state index < -0.39 is 0 Å². The fourth-order valence-electron chi connectivity index (χ4n) is 3.93. The number of nitrogens with zero attached hydrogens (tertiary/aromatic N) is 4. The summed E-state index contributed by atoms with van der Waals surface area (Å²) in [6.45, 7) is 6.63. The average Bonchev–Trinajstić information content (AvgIpc) is 2.88. The summed E-state index contributed by atoms with van der Waals surface area (Å²) in [4.78, 5) is 16.6. The highest BCUT2D eigenvalue weighted by Crippen LogP contribution is 2.32. The highest BCUT2D eigenvalue weighted by Gasteiger charge is 2.23. The normalized spacial score (nSPS) is 13.5. The van der Waals surface area contributed by atoms with Gasteiger partial charge in [-0.15, -0.1) is 10.2 Å². The van der Waals surface area contributed by atoms with E-state index in [-0.39, 0.29) is 12.5 Å². The number of hydrogen-bond acceptors (Lipinski definition) is 7. The second-order valence-corrected chi connectivity index (χ2v) is 8.27. The van der Waals surface area contributed by atoms with E-state index >= 15 is 0 Å². The van der Waals surface area contributed by atoms with Gasteiger partial charge in [0.2, 0.25) is 0 Å². The molecule has 1 aliphatic rings. The highest BCUT2D eigenvalue weighted by molar-refractivity contribution is 5.78. The van der Waals surface area contributed by atoms with Crippen LogP contribution in [0, 0.1) is 13.8 Å². The van der Waals surface area contributed by atoms with Gasteiger partial charge in [0.05, 0.1) is 19.9 Å². The molecule has 0 N–H and O–H groups in total. The number of piperazine rings is 1. The molecule has 0 saturated carbocycles. The summed E-state index contributed by atoms with van der Waals surface area (Å²) in [5.74, 6) is 2.97. The summed E-state index contributed by atoms with van der Waals surface area (Å²) < 4.78 is 16.6. The van der Waals surface area contributed by atoms with Crippen molar-refractivity contribution in [3.8, 4) is 28.5 Å². The number of anilines is 1. The van der Waals surface area contributed by atoms with E-state index in [1.54, 1.807) is 14.2 Å². The Hall–Kier alpha value is -3.81. The zero-order chi connectivity index (χ0) is 24.1. The van der Waals surface area contributed by atoms with Gasteiger partial charge in [-0.25, -0.2) is 0 Å². The van der Waals surface area contributed by atoms with Crippen LogP contribution in [-0.2, 0) is 4.79 Å². The van der Waals surface area contributed by atoms with E-state index in [9.17, 15) is 4.79 Å². The molecule has 8 nitrogen and oxygen atoms in total. The number of ether oxygens (including phenoxy) is 3. The number of carbonyl (C=O) groups excluding carboxylic acids is 1. The van der Waals surface area contributed by atoms with Crippen molar-refractivity contribution in [2.24, 2.45) is 0 Å². The Morgan fingerprint density at radius 3 is 2.35 bits per heavy atom. The molecule has 1 aliphatic heterocycles. The van der Waals surface area contributed by atoms with Crippen molar-refractivity contribution < 1.29 is 19.0 Å². The molecule has 2 heterocycles. The maximum atomic E-state index is 12.7. The third kappa shape index (κ3) is 5.22. The van der Waals surface area contributed by atoms with Gasteiger partial charge < -0.3 is 24.0 Å². The number of methoxy groups -OCH3 is 2. The zero-order valence-corrected chi connectivity index (χ0v) is 20.1. The smallest absolute Gasteiger partial charge is 0.260 e. The third-order valence-electron chi connectivity index (χ3n) is 5.98. The number of benzene rings is 2. The van der Waals surface area contributed by atoms with Crippen LogP contribution in [-0.4, -0.2) is 68.0 Å². The molecule has 0 aliphatic carbocycles. The number of aryl methyl sites for hydroxylation is 2. The molecule has 2 aromatic carbocycles. The largest absolute Gasteiger partial charge is 0.497 e. The van der Waals surface area contributed by atoms with Gasteiger partial charge in [0.15, 0.2) is 12.4 Å². The van der Waals surface area contributed by atoms with Crippen molar-refractivity contribution in [1.29, 1.82) is 0 Å². The van der Waals surface area contributed by atoms with Gasteiger partial charge in [-0.05, 0) is 61.4 Å². The molecule has 1 amide bonds. The quantitative estimate of drug-likeness (QED) is 0.532. The van der Waals surface area contributed by atoms with Crippen molar-refractivity contribution in [2.75, 3.05) is 51.9 Å². The van der Waals surface area contributed by atoms with Gasteiger partial charge in [-0.1, -0.05) is 12.1 Å². The Balaban J connectivity index is 1.34. The minimum atomic E-state index is -0.00731. The lowest BCUT2D eigenvalue weighted by atomic mass is 10.1. The Morgan fingerprint density at radius 1 is 0.882 bits per heavy atom. The van der Waals surface area contributed by atoms with Gasteiger partial charge in [0, 0.05) is 31.7 Å². The van der Waals surface area contributed by atoms with Gasteiger partial charge in [-0.3, -0.25) is 4.79 Å². The lowest BCUT2D eigenvalue weighted by Crippen LogP contribution is -2.50. The Morgan fingerprint density at radius 2 is 1.68 bits per heavy atom. The predicted octanol–water partition coefficient (Wildman–Crippen LogP) is 3.51. The summed E-state index contributed by atoms with van der Waals surface area (Å²) in [7, 11) is 3.25. The second-order valence-electron chi connectivity index (χ2n) is 8.27. The molecule has 3 aromatic rings. The van der Waals surface area contributed by atoms with Crippen molar-refractivity contribution in [2.45, 2.75) is 13.8 Å². The zero-order valence-electron chi connectivity index (χ0n) is 20.1. The molecule has 178 valence electrons. The van der Waals surface area contributed by atoms with E-state index in [2.05, 4.69) is 15.1 Å². The molecular weight excluding hydrogens is 432 g/mol. The van der Waals surface area contributed by atoms with Crippen LogP contribution in [0.25, 0.3) is 11.3 Å². The molecule has 1 aromatic heterocycles. The van der Waals surface area contributed by atoms with Crippen molar-refractivity contribution >= 4 is 11.7 Å². The predicted molar refractivity (Wildman–Crippen MR) is 131 cm³/mol. The molecule has 34 heavy (non-hydrogen) atoms. The minimum absolute atomic E-state index is 0.00731. The Bertz CT molecular complexity index is 1140. The van der Waals surface area contributed by atoms with E-state index in [1.165, 1.54) is 0 Å². The number of rotatable bonds is 7. The van der Waals surface area contributed by atoms with Gasteiger partial charge >= 0.3 is 0 Å². The summed E-state index contributed by atoms with van der Waals surface area (Å²) in [6.07, 6.45) is 0. The fourth-order valence-corrected chi connectivity index (χ4v) is 3.93. The lowest BCUT2D eigenvalue weighted by Gasteiger charge is -2.35. The Labute approximate surface area is 200 Å². The van der Waals surface area contributed by atoms with Crippen LogP contribution >= 0.6 is 0 Å². The summed E-state index contributed by atoms with van der Waals surface area (Å²) in [5.41, 5.74) is 3.66. The van der Waals surface area contributed by atoms with Crippen LogP contribution in [0.4, 0.5) is 5.82 Å². The topological polar surface area (TPSA) is 77.0 Å². The summed E-state index contributed by atoms with van der Waals surface area (Å²) >= 11 is 0. The standard InChI is InChI=1S/C26H30N4O4/c1-18-5-6-19(2)24(15-18)34-17-26(31)30-13-11-29(12-14-30)25-10-8-22(27-28-25)21-16-20(32-3)7-9-23(21)33-4/h5-10,15-16H,11-14,17H2,1-4H3. The average molecular weight is 463 g/mol. The first-order valence-electron chi connectivity index (χ1n) is 11.3. The first-order valence-corrected chi connectivity index (χ1v) is 11.3. The molecule has 0 bridgehead atoms. The molecule has 1 fully saturated rings. The SMILES string of the molecule is COc1ccc(OC)c(-c2ccc(N3CCN(C(=O)COc4cc(C)ccc4C)CC3)nn2)c1. The number of carbonyl (C=O) groups is 1. The fraction of sp³-hybridized carbons (Fsp3) is 0.346. The summed E-state index contributed by atoms with van der Waals surface area (Å²) in [6, 6.07) is 15.5. The molecule has 0 unspecified atom stereocenters. The van der Waals surface area contributed by atoms with Gasteiger partial charge in [-0.2, -0.15) is 0 Å². The molecule has 4 rings (SSSR count). The van der Waals surface area contributed by atoms with Gasteiger partial charge in [0.1, 0.15) is 17.2 Å². The maximum Gasteiger partial charge on any atom is 0.260 e. The molecular formula is C26H30N4O4. The van der Waals surface area contributed by atoms with Crippen LogP contribution in [0.2, 0.25) is 0 Å². The van der Waals surface area contributed by atoms with Crippen molar-refractivity contribution in [3.05, 3.63) is 59.7 Å². The first kappa shape index (κ1) is 23.4. The van der Waals surface area contributed by atoms with Crippen LogP contribution in [0.5, 0.6) is 17.2 Å². The molecule has 0 spiro atoms. The monoisotopic (exact) mass is 462 g/mol. The molecule has 0 radical (unpaired) electrons. The van der Waals surface area contributed by atoms with E-state index in [1.807, 2.05) is 67.3 Å². The minimum Gasteiger partial charge on any atom is -0.497 e. The van der Waals surface area contributed by atoms with E-state index in [4.69, 9.17) is 14.2 Å². The van der Waals surface area contributed by atoms with Crippen molar-refractivity contribution in [3.63, 3.8) is 0 Å². The van der Waals surface area contributed by atoms with Crippen molar-refractivity contribution in [1.82, 2.24) is 15.1 Å². The molecule has 0 atom stereocenters. The van der Waals surface area contributed by atoms with Gasteiger partial charge in [0.25, 0.3) is 5.91 Å². The first-order chi connectivity index (χ1) is 16.5. The number of aromatic nitrogens is 2. The third-order valence-corrected chi connectivity index (χ3v) is 5.98. The van der Waals surface area contributed by atoms with Crippen LogP contribution < -0.4 is 19.1 Å². The Kier molecular flexibility index (Phi) is 7.15. The van der Waals surface area contributed by atoms with Crippen LogP contribution in [0.1, 0.15) is 11.1 Å². The highest BCUT2D eigenvalue weighted by atomic mass is 16.5. The second kappa shape index (κ2) is 10.4. The van der Waals surface area contributed by atoms with Crippen LogP contribution in [0.3, 0.4) is 0 Å². The molecule has 1 saturated heterocycles. The summed E-state index contributed by atoms with van der Waals surface area (Å²) in [5, 5.41) is 8.84. The number of hydrogen-bond donors (Lipinski definition) is 0. The van der Waals surface area contributed by atoms with Crippen LogP contribution in [0.15, 0.2) is 48.5 Å².